The fraction of sp³-hybridized carbons (Fsp3) is 0.143. The fourth-order valence-electron chi connectivity index (χ4n) is 2.79. The van der Waals surface area contributed by atoms with Gasteiger partial charge in [-0.2, -0.15) is 0 Å². The van der Waals surface area contributed by atoms with E-state index in [9.17, 15) is 4.79 Å². The molecule has 0 bridgehead atoms. The Balaban J connectivity index is 1.37. The van der Waals surface area contributed by atoms with Crippen LogP contribution < -0.4 is 20.1 Å². The first-order valence-electron chi connectivity index (χ1n) is 8.64. The van der Waals surface area contributed by atoms with E-state index in [1.165, 1.54) is 0 Å². The highest BCUT2D eigenvalue weighted by Gasteiger charge is 2.14. The maximum absolute atomic E-state index is 12.3. The third-order valence-corrected chi connectivity index (χ3v) is 4.31. The highest BCUT2D eigenvalue weighted by Crippen LogP contribution is 2.32. The molecule has 2 N–H and O–H groups in total. The van der Waals surface area contributed by atoms with Crippen LogP contribution in [0.2, 0.25) is 0 Å². The van der Waals surface area contributed by atoms with Crippen molar-refractivity contribution in [2.75, 3.05) is 12.1 Å². The van der Waals surface area contributed by atoms with Gasteiger partial charge in [-0.15, -0.1) is 0 Å². The molecule has 0 radical (unpaired) electrons. The third-order valence-electron chi connectivity index (χ3n) is 4.31. The molecule has 0 unspecified atom stereocenters. The lowest BCUT2D eigenvalue weighted by Gasteiger charge is -2.10. The Morgan fingerprint density at radius 1 is 1.07 bits per heavy atom. The van der Waals surface area contributed by atoms with Crippen molar-refractivity contribution in [1.82, 2.24) is 10.3 Å². The van der Waals surface area contributed by atoms with Gasteiger partial charge in [0, 0.05) is 12.2 Å². The second kappa shape index (κ2) is 7.37. The number of ether oxygens (including phenoxy) is 2. The quantitative estimate of drug-likeness (QED) is 0.723. The number of amides is 1. The van der Waals surface area contributed by atoms with E-state index in [1.54, 1.807) is 12.3 Å². The number of fused-ring (bicyclic) bond motifs is 1. The predicted octanol–water partition coefficient (Wildman–Crippen LogP) is 3.79. The zero-order valence-electron chi connectivity index (χ0n) is 14.9. The van der Waals surface area contributed by atoms with E-state index < -0.39 is 0 Å². The topological polar surface area (TPSA) is 72.5 Å². The number of aromatic nitrogens is 1. The van der Waals surface area contributed by atoms with E-state index >= 15 is 0 Å². The lowest BCUT2D eigenvalue weighted by molar-refractivity contribution is 0.0946. The maximum atomic E-state index is 12.3. The van der Waals surface area contributed by atoms with Gasteiger partial charge in [0.15, 0.2) is 11.5 Å². The lowest BCUT2D eigenvalue weighted by atomic mass is 10.2. The van der Waals surface area contributed by atoms with Crippen LogP contribution in [0.1, 0.15) is 21.6 Å². The number of benzene rings is 2. The Hall–Kier alpha value is -3.54. The van der Waals surface area contributed by atoms with E-state index in [-0.39, 0.29) is 12.7 Å². The molecule has 0 saturated heterocycles. The highest BCUT2D eigenvalue weighted by molar-refractivity contribution is 5.92. The molecule has 27 heavy (non-hydrogen) atoms. The predicted molar refractivity (Wildman–Crippen MR) is 102 cm³/mol. The minimum atomic E-state index is -0.227. The Morgan fingerprint density at radius 3 is 2.74 bits per heavy atom. The van der Waals surface area contributed by atoms with Crippen molar-refractivity contribution >= 4 is 17.3 Å². The van der Waals surface area contributed by atoms with Gasteiger partial charge in [-0.25, -0.2) is 4.98 Å². The molecule has 6 heteroatoms. The molecule has 3 aromatic rings. The molecule has 0 fully saturated rings. The number of aryl methyl sites for hydroxylation is 1. The molecule has 2 aromatic carbocycles. The van der Waals surface area contributed by atoms with Crippen molar-refractivity contribution in [2.45, 2.75) is 13.5 Å². The zero-order chi connectivity index (χ0) is 18.6. The van der Waals surface area contributed by atoms with Crippen LogP contribution in [0.4, 0.5) is 11.4 Å². The number of hydrogen-bond acceptors (Lipinski definition) is 5. The van der Waals surface area contributed by atoms with E-state index in [1.807, 2.05) is 55.5 Å². The van der Waals surface area contributed by atoms with Crippen LogP contribution in [0.3, 0.4) is 0 Å². The van der Waals surface area contributed by atoms with Gasteiger partial charge in [0.1, 0.15) is 5.69 Å². The van der Waals surface area contributed by atoms with Crippen LogP contribution in [0.25, 0.3) is 0 Å². The van der Waals surface area contributed by atoms with Gasteiger partial charge < -0.3 is 20.1 Å². The van der Waals surface area contributed by atoms with Crippen molar-refractivity contribution in [3.63, 3.8) is 0 Å². The van der Waals surface area contributed by atoms with E-state index in [0.717, 1.165) is 28.3 Å². The van der Waals surface area contributed by atoms with Crippen molar-refractivity contribution in [1.29, 1.82) is 0 Å². The first kappa shape index (κ1) is 16.9. The molecule has 1 amide bonds. The standard InChI is InChI=1S/C21H19N3O3/c1-14-4-2-3-5-17(14)24-16-7-8-18(22-12-16)21(25)23-11-15-6-9-19-20(10-15)27-13-26-19/h2-10,12,24H,11,13H2,1H3,(H,23,25). The lowest BCUT2D eigenvalue weighted by Crippen LogP contribution is -2.23. The van der Waals surface area contributed by atoms with E-state index in [2.05, 4.69) is 15.6 Å². The second-order valence-electron chi connectivity index (χ2n) is 6.24. The third kappa shape index (κ3) is 3.84. The molecule has 1 aliphatic heterocycles. The number of hydrogen-bond donors (Lipinski definition) is 2. The molecule has 1 aliphatic rings. The summed E-state index contributed by atoms with van der Waals surface area (Å²) < 4.78 is 10.6. The summed E-state index contributed by atoms with van der Waals surface area (Å²) in [7, 11) is 0. The van der Waals surface area contributed by atoms with Gasteiger partial charge in [-0.1, -0.05) is 24.3 Å². The molecule has 0 atom stereocenters. The normalized spacial score (nSPS) is 11.9. The summed E-state index contributed by atoms with van der Waals surface area (Å²) in [6.45, 7) is 2.66. The average molecular weight is 361 g/mol. The average Bonchev–Trinajstić information content (AvgIpc) is 3.16. The van der Waals surface area contributed by atoms with Gasteiger partial charge in [0.25, 0.3) is 5.91 Å². The SMILES string of the molecule is Cc1ccccc1Nc1ccc(C(=O)NCc2ccc3c(c2)OCO3)nc1. The van der Waals surface area contributed by atoms with Crippen LogP contribution in [-0.4, -0.2) is 17.7 Å². The molecule has 0 aliphatic carbocycles. The first-order chi connectivity index (χ1) is 13.2. The number of anilines is 2. The molecule has 136 valence electrons. The van der Waals surface area contributed by atoms with Crippen LogP contribution in [-0.2, 0) is 6.54 Å². The van der Waals surface area contributed by atoms with Crippen LogP contribution >= 0.6 is 0 Å². The monoisotopic (exact) mass is 361 g/mol. The van der Waals surface area contributed by atoms with Crippen molar-refractivity contribution < 1.29 is 14.3 Å². The Morgan fingerprint density at radius 2 is 1.93 bits per heavy atom. The van der Waals surface area contributed by atoms with Crippen molar-refractivity contribution in [3.05, 3.63) is 77.6 Å². The number of nitrogens with one attached hydrogen (secondary N) is 2. The van der Waals surface area contributed by atoms with Gasteiger partial charge in [-0.05, 0) is 48.4 Å². The summed E-state index contributed by atoms with van der Waals surface area (Å²) in [5.41, 5.74) is 4.29. The summed E-state index contributed by atoms with van der Waals surface area (Å²) in [5.74, 6) is 1.20. The van der Waals surface area contributed by atoms with Gasteiger partial charge in [-0.3, -0.25) is 4.79 Å². The Labute approximate surface area is 157 Å². The summed E-state index contributed by atoms with van der Waals surface area (Å²) in [6.07, 6.45) is 1.65. The van der Waals surface area contributed by atoms with Gasteiger partial charge in [0.05, 0.1) is 11.9 Å². The molecule has 6 nitrogen and oxygen atoms in total. The van der Waals surface area contributed by atoms with Crippen molar-refractivity contribution in [3.8, 4) is 11.5 Å². The molecular formula is C21H19N3O3. The molecule has 1 aromatic heterocycles. The molecule has 4 rings (SSSR count). The number of rotatable bonds is 5. The fourth-order valence-corrected chi connectivity index (χ4v) is 2.79. The van der Waals surface area contributed by atoms with Gasteiger partial charge in [0.2, 0.25) is 6.79 Å². The minimum absolute atomic E-state index is 0.227. The Kier molecular flexibility index (Phi) is 4.61. The van der Waals surface area contributed by atoms with Gasteiger partial charge >= 0.3 is 0 Å². The number of nitrogens with zero attached hydrogens (tertiary/aromatic N) is 1. The first-order valence-corrected chi connectivity index (χ1v) is 8.64. The van der Waals surface area contributed by atoms with Crippen LogP contribution in [0, 0.1) is 6.92 Å². The summed E-state index contributed by atoms with van der Waals surface area (Å²) in [5, 5.41) is 6.17. The maximum Gasteiger partial charge on any atom is 0.270 e. The number of carbonyl (C=O) groups is 1. The van der Waals surface area contributed by atoms with E-state index in [4.69, 9.17) is 9.47 Å². The molecule has 2 heterocycles. The molecule has 0 saturated carbocycles. The second-order valence-corrected chi connectivity index (χ2v) is 6.24. The van der Waals surface area contributed by atoms with Crippen LogP contribution in [0.5, 0.6) is 11.5 Å². The summed E-state index contributed by atoms with van der Waals surface area (Å²) in [4.78, 5) is 16.6. The largest absolute Gasteiger partial charge is 0.454 e. The Bertz CT molecular complexity index is 971. The number of pyridine rings is 1. The van der Waals surface area contributed by atoms with E-state index in [0.29, 0.717) is 18.0 Å². The molecule has 0 spiro atoms. The highest BCUT2D eigenvalue weighted by atomic mass is 16.7. The summed E-state index contributed by atoms with van der Waals surface area (Å²) >= 11 is 0. The minimum Gasteiger partial charge on any atom is -0.454 e. The number of carbonyl (C=O) groups excluding carboxylic acids is 1. The molecular weight excluding hydrogens is 342 g/mol. The van der Waals surface area contributed by atoms with Crippen molar-refractivity contribution in [2.24, 2.45) is 0 Å². The van der Waals surface area contributed by atoms with Crippen LogP contribution in [0.15, 0.2) is 60.8 Å². The smallest absolute Gasteiger partial charge is 0.270 e. The summed E-state index contributed by atoms with van der Waals surface area (Å²) in [6, 6.07) is 17.2. The zero-order valence-corrected chi connectivity index (χ0v) is 14.9. The number of para-hydroxylation sites is 1.